The number of urea groups is 1. The fraction of sp³-hybridized carbons (Fsp3) is 0.111. The summed E-state index contributed by atoms with van der Waals surface area (Å²) >= 11 is 0. The molecule has 1 saturated heterocycles. The first-order valence-corrected chi connectivity index (χ1v) is 4.12. The van der Waals surface area contributed by atoms with E-state index in [9.17, 15) is 9.59 Å². The average Bonchev–Trinajstić information content (AvgIpc) is 2.62. The van der Waals surface area contributed by atoms with Gasteiger partial charge in [-0.3, -0.25) is 10.1 Å². The number of imide groups is 1. The molecule has 0 radical (unpaired) electrons. The Morgan fingerprint density at radius 2 is 2.14 bits per heavy atom. The van der Waals surface area contributed by atoms with E-state index in [1.807, 2.05) is 29.9 Å². The van der Waals surface area contributed by atoms with Crippen LogP contribution < -0.4 is 10.6 Å². The molecule has 0 aromatic carbocycles. The van der Waals surface area contributed by atoms with Gasteiger partial charge in [0.05, 0.1) is 0 Å². The van der Waals surface area contributed by atoms with E-state index in [2.05, 4.69) is 10.6 Å². The first-order valence-electron chi connectivity index (χ1n) is 4.12. The maximum atomic E-state index is 11.2. The van der Waals surface area contributed by atoms with Crippen molar-refractivity contribution in [1.29, 1.82) is 0 Å². The van der Waals surface area contributed by atoms with Gasteiger partial charge in [-0.2, -0.15) is 0 Å². The zero-order chi connectivity index (χ0) is 10.1. The molecule has 72 valence electrons. The first-order chi connectivity index (χ1) is 6.66. The lowest BCUT2D eigenvalue weighted by molar-refractivity contribution is -0.115. The Balaban J connectivity index is 2.32. The van der Waals surface area contributed by atoms with Crippen molar-refractivity contribution >= 4 is 18.0 Å². The van der Waals surface area contributed by atoms with Crippen molar-refractivity contribution < 1.29 is 9.59 Å². The van der Waals surface area contributed by atoms with Crippen LogP contribution >= 0.6 is 0 Å². The standard InChI is InChI=1S/C9H9N3O2/c1-12-4-2-3-6(12)5-7-8(13)11-9(14)10-7/h2-5H,1H3,(H2,10,11,13,14). The Hall–Kier alpha value is -2.04. The average molecular weight is 191 g/mol. The molecule has 1 aliphatic rings. The number of amides is 3. The highest BCUT2D eigenvalue weighted by molar-refractivity contribution is 6.13. The Bertz CT molecular complexity index is 431. The van der Waals surface area contributed by atoms with Gasteiger partial charge in [0.25, 0.3) is 5.91 Å². The summed E-state index contributed by atoms with van der Waals surface area (Å²) in [4.78, 5) is 21.9. The normalized spacial score (nSPS) is 18.5. The van der Waals surface area contributed by atoms with Gasteiger partial charge in [-0.05, 0) is 18.2 Å². The van der Waals surface area contributed by atoms with Gasteiger partial charge >= 0.3 is 6.03 Å². The molecule has 14 heavy (non-hydrogen) atoms. The van der Waals surface area contributed by atoms with E-state index in [1.54, 1.807) is 6.08 Å². The van der Waals surface area contributed by atoms with Gasteiger partial charge in [0.15, 0.2) is 0 Å². The summed E-state index contributed by atoms with van der Waals surface area (Å²) in [5.41, 5.74) is 1.13. The molecule has 0 aliphatic carbocycles. The summed E-state index contributed by atoms with van der Waals surface area (Å²) in [6.07, 6.45) is 3.49. The van der Waals surface area contributed by atoms with Crippen molar-refractivity contribution in [2.24, 2.45) is 7.05 Å². The minimum atomic E-state index is -0.476. The van der Waals surface area contributed by atoms with E-state index in [-0.39, 0.29) is 5.70 Å². The minimum absolute atomic E-state index is 0.275. The van der Waals surface area contributed by atoms with E-state index >= 15 is 0 Å². The van der Waals surface area contributed by atoms with Gasteiger partial charge in [0.2, 0.25) is 0 Å². The number of hydrogen-bond acceptors (Lipinski definition) is 2. The molecule has 2 heterocycles. The Labute approximate surface area is 80.4 Å². The Morgan fingerprint density at radius 1 is 1.36 bits per heavy atom. The zero-order valence-electron chi connectivity index (χ0n) is 7.57. The molecule has 3 amide bonds. The lowest BCUT2D eigenvalue weighted by Gasteiger charge is -1.97. The Morgan fingerprint density at radius 3 is 2.64 bits per heavy atom. The van der Waals surface area contributed by atoms with E-state index in [1.165, 1.54) is 0 Å². The van der Waals surface area contributed by atoms with E-state index in [4.69, 9.17) is 0 Å². The second-order valence-electron chi connectivity index (χ2n) is 3.01. The molecule has 1 aromatic rings. The van der Waals surface area contributed by atoms with Crippen molar-refractivity contribution in [2.45, 2.75) is 0 Å². The molecule has 2 rings (SSSR count). The lowest BCUT2D eigenvalue weighted by Crippen LogP contribution is -2.22. The molecule has 2 N–H and O–H groups in total. The number of aromatic nitrogens is 1. The lowest BCUT2D eigenvalue weighted by atomic mass is 10.3. The van der Waals surface area contributed by atoms with Gasteiger partial charge in [-0.15, -0.1) is 0 Å². The van der Waals surface area contributed by atoms with Crippen molar-refractivity contribution in [2.75, 3.05) is 0 Å². The van der Waals surface area contributed by atoms with Gasteiger partial charge in [0, 0.05) is 18.9 Å². The molecule has 1 fully saturated rings. The van der Waals surface area contributed by atoms with Crippen LogP contribution in [-0.4, -0.2) is 16.5 Å². The number of nitrogens with one attached hydrogen (secondary N) is 2. The third kappa shape index (κ3) is 1.39. The quantitative estimate of drug-likeness (QED) is 0.492. The highest BCUT2D eigenvalue weighted by Crippen LogP contribution is 2.07. The summed E-state index contributed by atoms with van der Waals surface area (Å²) in [6, 6.07) is 3.24. The second kappa shape index (κ2) is 3.02. The molecule has 1 aliphatic heterocycles. The fourth-order valence-electron chi connectivity index (χ4n) is 1.25. The Kier molecular flexibility index (Phi) is 1.85. The number of aryl methyl sites for hydroxylation is 1. The summed E-state index contributed by atoms with van der Waals surface area (Å²) in [5, 5.41) is 4.55. The maximum absolute atomic E-state index is 11.2. The van der Waals surface area contributed by atoms with Crippen LogP contribution in [0.25, 0.3) is 6.08 Å². The molecular formula is C9H9N3O2. The molecule has 0 spiro atoms. The topological polar surface area (TPSA) is 63.1 Å². The van der Waals surface area contributed by atoms with Crippen LogP contribution in [0.1, 0.15) is 5.69 Å². The number of carbonyl (C=O) groups excluding carboxylic acids is 2. The molecule has 0 bridgehead atoms. The maximum Gasteiger partial charge on any atom is 0.326 e. The van der Waals surface area contributed by atoms with Crippen LogP contribution in [0.3, 0.4) is 0 Å². The third-order valence-electron chi connectivity index (χ3n) is 2.00. The predicted molar refractivity (Wildman–Crippen MR) is 50.1 cm³/mol. The monoisotopic (exact) mass is 191 g/mol. The smallest absolute Gasteiger partial charge is 0.326 e. The van der Waals surface area contributed by atoms with Crippen molar-refractivity contribution in [1.82, 2.24) is 15.2 Å². The van der Waals surface area contributed by atoms with E-state index < -0.39 is 11.9 Å². The molecule has 0 unspecified atom stereocenters. The summed E-state index contributed by atoms with van der Waals surface area (Å²) < 4.78 is 1.85. The third-order valence-corrected chi connectivity index (χ3v) is 2.00. The van der Waals surface area contributed by atoms with Gasteiger partial charge < -0.3 is 9.88 Å². The minimum Gasteiger partial charge on any atom is -0.351 e. The molecule has 5 heteroatoms. The molecule has 0 atom stereocenters. The number of hydrogen-bond donors (Lipinski definition) is 2. The van der Waals surface area contributed by atoms with Crippen molar-refractivity contribution in [3.8, 4) is 0 Å². The summed E-state index contributed by atoms with van der Waals surface area (Å²) in [7, 11) is 1.86. The fourth-order valence-corrected chi connectivity index (χ4v) is 1.25. The second-order valence-corrected chi connectivity index (χ2v) is 3.01. The molecular weight excluding hydrogens is 182 g/mol. The SMILES string of the molecule is Cn1cccc1C=C1NC(=O)NC1=O. The van der Waals surface area contributed by atoms with Crippen molar-refractivity contribution in [3.05, 3.63) is 29.7 Å². The van der Waals surface area contributed by atoms with Gasteiger partial charge in [0.1, 0.15) is 5.70 Å². The largest absolute Gasteiger partial charge is 0.351 e. The molecule has 1 aromatic heterocycles. The van der Waals surface area contributed by atoms with E-state index in [0.29, 0.717) is 0 Å². The van der Waals surface area contributed by atoms with Gasteiger partial charge in [-0.25, -0.2) is 4.79 Å². The number of rotatable bonds is 1. The first kappa shape index (κ1) is 8.55. The molecule has 0 saturated carbocycles. The highest BCUT2D eigenvalue weighted by Gasteiger charge is 2.22. The summed E-state index contributed by atoms with van der Waals surface area (Å²) in [5.74, 6) is -0.392. The highest BCUT2D eigenvalue weighted by atomic mass is 16.2. The van der Waals surface area contributed by atoms with Crippen LogP contribution in [0, 0.1) is 0 Å². The van der Waals surface area contributed by atoms with Crippen molar-refractivity contribution in [3.63, 3.8) is 0 Å². The van der Waals surface area contributed by atoms with Crippen LogP contribution in [0.4, 0.5) is 4.79 Å². The predicted octanol–water partition coefficient (Wildman–Crippen LogP) is 0.205. The number of nitrogens with zero attached hydrogens (tertiary/aromatic N) is 1. The number of carbonyl (C=O) groups is 2. The van der Waals surface area contributed by atoms with E-state index in [0.717, 1.165) is 5.69 Å². The van der Waals surface area contributed by atoms with Crippen LogP contribution in [0.15, 0.2) is 24.0 Å². The zero-order valence-corrected chi connectivity index (χ0v) is 7.57. The van der Waals surface area contributed by atoms with Crippen LogP contribution in [0.2, 0.25) is 0 Å². The van der Waals surface area contributed by atoms with Gasteiger partial charge in [-0.1, -0.05) is 0 Å². The van der Waals surface area contributed by atoms with Crippen LogP contribution in [0.5, 0.6) is 0 Å². The summed E-state index contributed by atoms with van der Waals surface area (Å²) in [6.45, 7) is 0. The van der Waals surface area contributed by atoms with Crippen LogP contribution in [-0.2, 0) is 11.8 Å². The molecule has 5 nitrogen and oxygen atoms in total.